The Bertz CT molecular complexity index is 1070. The molecule has 2 N–H and O–H groups in total. The van der Waals surface area contributed by atoms with E-state index in [1.165, 1.54) is 19.2 Å². The van der Waals surface area contributed by atoms with Crippen LogP contribution in [-0.2, 0) is 6.54 Å². The molecule has 1 saturated heterocycles. The standard InChI is InChI=1S/C22H22ClF2NS.C4H7F3N2.C2H6/c1-3-16-4-5-18(22(25)12-16)14-26(15(2)17-8-10-27-11-9-17)19-6-7-21(24)20(23)13-19;1-3(9-8-2)4(5,6)7;1-2/h3-7,12-13,17H,1-2,8-11,14H2;8-9H,1H2,2H3;1-2H3. The molecule has 38 heavy (non-hydrogen) atoms. The normalized spacial score (nSPS) is 13.3. The maximum Gasteiger partial charge on any atom is 0.431 e. The summed E-state index contributed by atoms with van der Waals surface area (Å²) >= 11 is 7.94. The summed E-state index contributed by atoms with van der Waals surface area (Å²) in [6.45, 7) is 15.0. The van der Waals surface area contributed by atoms with Gasteiger partial charge >= 0.3 is 6.18 Å². The van der Waals surface area contributed by atoms with Crippen LogP contribution in [0.1, 0.15) is 37.8 Å². The van der Waals surface area contributed by atoms with Crippen LogP contribution in [0.4, 0.5) is 27.6 Å². The Kier molecular flexibility index (Phi) is 14.5. The summed E-state index contributed by atoms with van der Waals surface area (Å²) in [5, 5.41) is 0.0481. The van der Waals surface area contributed by atoms with Gasteiger partial charge in [0.2, 0.25) is 0 Å². The van der Waals surface area contributed by atoms with Crippen LogP contribution in [0.25, 0.3) is 6.08 Å². The molecule has 2 aromatic rings. The smallest absolute Gasteiger partial charge is 0.341 e. The lowest BCUT2D eigenvalue weighted by Crippen LogP contribution is -2.33. The van der Waals surface area contributed by atoms with Crippen LogP contribution in [0.2, 0.25) is 5.02 Å². The quantitative estimate of drug-likeness (QED) is 0.243. The predicted octanol–water partition coefficient (Wildman–Crippen LogP) is 8.74. The zero-order valence-electron chi connectivity index (χ0n) is 21.9. The zero-order valence-corrected chi connectivity index (χ0v) is 23.5. The van der Waals surface area contributed by atoms with Gasteiger partial charge in [0.1, 0.15) is 17.3 Å². The number of thioether (sulfide) groups is 1. The molecular weight excluding hydrogens is 541 g/mol. The summed E-state index contributed by atoms with van der Waals surface area (Å²) in [7, 11) is 1.33. The molecule has 1 aliphatic rings. The van der Waals surface area contributed by atoms with Crippen molar-refractivity contribution in [3.05, 3.63) is 95.3 Å². The molecule has 0 saturated carbocycles. The summed E-state index contributed by atoms with van der Waals surface area (Å²) in [4.78, 5) is 1.96. The van der Waals surface area contributed by atoms with E-state index in [4.69, 9.17) is 11.6 Å². The molecule has 0 amide bonds. The van der Waals surface area contributed by atoms with Gasteiger partial charge in [-0.1, -0.05) is 63.4 Å². The summed E-state index contributed by atoms with van der Waals surface area (Å²) in [6, 6.07) is 9.65. The minimum Gasteiger partial charge on any atom is -0.341 e. The first-order chi connectivity index (χ1) is 18.0. The Morgan fingerprint density at radius 2 is 1.71 bits per heavy atom. The second kappa shape index (κ2) is 16.5. The fourth-order valence-corrected chi connectivity index (χ4v) is 4.75. The van der Waals surface area contributed by atoms with Gasteiger partial charge < -0.3 is 10.3 Å². The van der Waals surface area contributed by atoms with Gasteiger partial charge in [-0.3, -0.25) is 0 Å². The van der Waals surface area contributed by atoms with Crippen molar-refractivity contribution in [3.8, 4) is 0 Å². The number of alkyl halides is 3. The third-order valence-electron chi connectivity index (χ3n) is 5.51. The molecule has 0 radical (unpaired) electrons. The summed E-state index contributed by atoms with van der Waals surface area (Å²) < 4.78 is 62.5. The highest BCUT2D eigenvalue weighted by atomic mass is 35.5. The fourth-order valence-electron chi connectivity index (χ4n) is 3.47. The van der Waals surface area contributed by atoms with Crippen LogP contribution in [0.15, 0.2) is 67.5 Å². The molecule has 3 nitrogen and oxygen atoms in total. The van der Waals surface area contributed by atoms with E-state index >= 15 is 0 Å². The van der Waals surface area contributed by atoms with Crippen molar-refractivity contribution in [2.75, 3.05) is 23.5 Å². The molecule has 1 aliphatic heterocycles. The van der Waals surface area contributed by atoms with Crippen molar-refractivity contribution in [2.45, 2.75) is 39.4 Å². The number of allylic oxidation sites excluding steroid dienone is 2. The van der Waals surface area contributed by atoms with E-state index in [9.17, 15) is 22.0 Å². The SMILES string of the molecule is C=C(NNC)C(F)(F)F.C=Cc1ccc(CN(C(=C)C2CCSCC2)c2ccc(F)c(Cl)c2)c(F)c1.CC. The molecule has 3 rings (SSSR count). The highest BCUT2D eigenvalue weighted by molar-refractivity contribution is 7.99. The van der Waals surface area contributed by atoms with Crippen molar-refractivity contribution >= 4 is 35.1 Å². The molecule has 10 heteroatoms. The van der Waals surface area contributed by atoms with E-state index in [0.29, 0.717) is 18.0 Å². The number of nitrogens with zero attached hydrogens (tertiary/aromatic N) is 1. The average Bonchev–Trinajstić information content (AvgIpc) is 2.91. The lowest BCUT2D eigenvalue weighted by molar-refractivity contribution is -0.0974. The first-order valence-electron chi connectivity index (χ1n) is 12.1. The Morgan fingerprint density at radius 3 is 2.18 bits per heavy atom. The number of rotatable bonds is 8. The van der Waals surface area contributed by atoms with Crippen LogP contribution in [0, 0.1) is 17.6 Å². The molecule has 1 fully saturated rings. The van der Waals surface area contributed by atoms with Crippen LogP contribution in [-0.4, -0.2) is 24.7 Å². The number of hydrazine groups is 1. The summed E-state index contributed by atoms with van der Waals surface area (Å²) in [6.07, 6.45) is -0.675. The largest absolute Gasteiger partial charge is 0.431 e. The van der Waals surface area contributed by atoms with Crippen LogP contribution in [0.5, 0.6) is 0 Å². The predicted molar refractivity (Wildman–Crippen MR) is 152 cm³/mol. The van der Waals surface area contributed by atoms with Gasteiger partial charge in [0.25, 0.3) is 0 Å². The highest BCUT2D eigenvalue weighted by Gasteiger charge is 2.31. The Balaban J connectivity index is 0.000000559. The summed E-state index contributed by atoms with van der Waals surface area (Å²) in [5.41, 5.74) is 5.85. The van der Waals surface area contributed by atoms with Crippen LogP contribution >= 0.6 is 23.4 Å². The topological polar surface area (TPSA) is 27.3 Å². The van der Waals surface area contributed by atoms with Gasteiger partial charge in [-0.15, -0.1) is 0 Å². The van der Waals surface area contributed by atoms with E-state index in [1.807, 2.05) is 42.0 Å². The first-order valence-corrected chi connectivity index (χ1v) is 13.6. The molecule has 210 valence electrons. The average molecular weight is 576 g/mol. The number of benzene rings is 2. The molecule has 1 heterocycles. The van der Waals surface area contributed by atoms with Gasteiger partial charge in [0.05, 0.1) is 11.6 Å². The van der Waals surface area contributed by atoms with E-state index < -0.39 is 17.7 Å². The number of hydrogen-bond acceptors (Lipinski definition) is 4. The monoisotopic (exact) mass is 575 g/mol. The number of nitrogens with one attached hydrogen (secondary N) is 2. The van der Waals surface area contributed by atoms with Gasteiger partial charge in [0, 0.05) is 29.9 Å². The van der Waals surface area contributed by atoms with Gasteiger partial charge in [-0.2, -0.15) is 24.9 Å². The van der Waals surface area contributed by atoms with E-state index in [0.717, 1.165) is 41.3 Å². The first kappa shape index (κ1) is 33.5. The second-order valence-corrected chi connectivity index (χ2v) is 9.60. The van der Waals surface area contributed by atoms with Gasteiger partial charge in [-0.05, 0) is 54.2 Å². The Hall–Kier alpha value is -2.49. The van der Waals surface area contributed by atoms with Crippen molar-refractivity contribution in [2.24, 2.45) is 5.92 Å². The van der Waals surface area contributed by atoms with Gasteiger partial charge in [0.15, 0.2) is 0 Å². The van der Waals surface area contributed by atoms with Crippen LogP contribution < -0.4 is 15.8 Å². The number of halogens is 6. The molecule has 2 aromatic carbocycles. The van der Waals surface area contributed by atoms with Crippen molar-refractivity contribution in [3.63, 3.8) is 0 Å². The van der Waals surface area contributed by atoms with E-state index in [-0.39, 0.29) is 10.8 Å². The Morgan fingerprint density at radius 1 is 1.08 bits per heavy atom. The minimum absolute atomic E-state index is 0.0481. The van der Waals surface area contributed by atoms with E-state index in [2.05, 4.69) is 25.2 Å². The molecule has 0 aliphatic carbocycles. The number of hydrogen-bond donors (Lipinski definition) is 2. The lowest BCUT2D eigenvalue weighted by Gasteiger charge is -2.34. The van der Waals surface area contributed by atoms with Crippen molar-refractivity contribution in [1.29, 1.82) is 0 Å². The minimum atomic E-state index is -4.36. The molecule has 0 unspecified atom stereocenters. The van der Waals surface area contributed by atoms with Crippen molar-refractivity contribution < 1.29 is 22.0 Å². The number of anilines is 1. The zero-order chi connectivity index (χ0) is 28.9. The molecule has 0 spiro atoms. The molecular formula is C28H35ClF5N3S. The lowest BCUT2D eigenvalue weighted by atomic mass is 9.97. The molecule has 0 bridgehead atoms. The third kappa shape index (κ3) is 10.3. The van der Waals surface area contributed by atoms with Crippen LogP contribution in [0.3, 0.4) is 0 Å². The van der Waals surface area contributed by atoms with Crippen molar-refractivity contribution in [1.82, 2.24) is 10.9 Å². The maximum atomic E-state index is 14.6. The van der Waals surface area contributed by atoms with E-state index in [1.54, 1.807) is 24.3 Å². The maximum absolute atomic E-state index is 14.6. The third-order valence-corrected chi connectivity index (χ3v) is 6.85. The highest BCUT2D eigenvalue weighted by Crippen LogP contribution is 2.35. The molecule has 0 aromatic heterocycles. The summed E-state index contributed by atoms with van der Waals surface area (Å²) in [5.74, 6) is 1.73. The molecule has 0 atom stereocenters. The van der Waals surface area contributed by atoms with Gasteiger partial charge in [-0.25, -0.2) is 14.2 Å². The Labute approximate surface area is 231 Å². The second-order valence-electron chi connectivity index (χ2n) is 7.97. The fraction of sp³-hybridized carbons (Fsp3) is 0.357.